The first-order valence-corrected chi connectivity index (χ1v) is 31.3. The lowest BCUT2D eigenvalue weighted by molar-refractivity contribution is 0.263. The van der Waals surface area contributed by atoms with Gasteiger partial charge in [-0.1, -0.05) is 446 Å². The highest BCUT2D eigenvalue weighted by Crippen LogP contribution is 2.23. The minimum absolute atomic E-state index is 0. The summed E-state index contributed by atoms with van der Waals surface area (Å²) in [6, 6.07) is 64.7. The van der Waals surface area contributed by atoms with Crippen molar-refractivity contribution in [1.29, 1.82) is 0 Å². The molecular formula is C96H198O6. The topological polar surface area (TPSA) is 65.3 Å². The van der Waals surface area contributed by atoms with Crippen molar-refractivity contribution in [2.24, 2.45) is 0 Å². The molecule has 102 heavy (non-hydrogen) atoms. The predicted molar refractivity (Wildman–Crippen MR) is 498 cm³/mol. The summed E-state index contributed by atoms with van der Waals surface area (Å²) in [5.41, 5.74) is 10.8. The molecule has 0 spiro atoms. The van der Waals surface area contributed by atoms with Crippen molar-refractivity contribution in [2.45, 2.75) is 338 Å². The molecular weight excluding hydrogens is 1250 g/mol. The highest BCUT2D eigenvalue weighted by molar-refractivity contribution is 5.65. The molecule has 3 aliphatic rings. The van der Waals surface area contributed by atoms with Gasteiger partial charge in [0.05, 0.1) is 19.8 Å². The predicted octanol–water partition coefficient (Wildman–Crippen LogP) is 34.9. The number of ether oxygens (including phenoxy) is 6. The fourth-order valence-corrected chi connectivity index (χ4v) is 6.34. The molecule has 0 aromatic heterocycles. The van der Waals surface area contributed by atoms with Crippen molar-refractivity contribution < 1.29 is 28.4 Å². The van der Waals surface area contributed by atoms with Crippen LogP contribution in [-0.4, -0.2) is 58.0 Å². The number of benzene rings is 7. The van der Waals surface area contributed by atoms with E-state index in [1.165, 1.54) is 44.5 Å². The molecule has 3 unspecified atom stereocenters. The van der Waals surface area contributed by atoms with Crippen LogP contribution < -0.4 is 14.2 Å². The maximum Gasteiger partial charge on any atom is 0.119 e. The summed E-state index contributed by atoms with van der Waals surface area (Å²) in [4.78, 5) is 0. The summed E-state index contributed by atoms with van der Waals surface area (Å²) in [6.45, 7) is 45.4. The van der Waals surface area contributed by atoms with Crippen LogP contribution in [0.25, 0.3) is 22.3 Å². The van der Waals surface area contributed by atoms with Gasteiger partial charge in [0.2, 0.25) is 0 Å². The zero-order valence-corrected chi connectivity index (χ0v) is 54.7. The van der Waals surface area contributed by atoms with E-state index >= 15 is 0 Å². The van der Waals surface area contributed by atoms with Gasteiger partial charge in [-0.3, -0.25) is 0 Å². The van der Waals surface area contributed by atoms with Gasteiger partial charge in [-0.25, -0.2) is 0 Å². The van der Waals surface area contributed by atoms with Gasteiger partial charge in [-0.05, 0) is 107 Å². The summed E-state index contributed by atoms with van der Waals surface area (Å²) in [7, 11) is 0. The molecule has 7 aromatic carbocycles. The summed E-state index contributed by atoms with van der Waals surface area (Å²) in [5, 5.41) is 0. The van der Waals surface area contributed by atoms with E-state index in [9.17, 15) is 0 Å². The summed E-state index contributed by atoms with van der Waals surface area (Å²) >= 11 is 0. The number of hydrogen-bond acceptors (Lipinski definition) is 6. The quantitative estimate of drug-likeness (QED) is 0.0953. The van der Waals surface area contributed by atoms with E-state index < -0.39 is 0 Å². The van der Waals surface area contributed by atoms with Crippen LogP contribution in [0.5, 0.6) is 17.2 Å². The maximum atomic E-state index is 5.40. The van der Waals surface area contributed by atoms with Gasteiger partial charge in [0.25, 0.3) is 0 Å². The first-order valence-electron chi connectivity index (χ1n) is 31.3. The van der Waals surface area contributed by atoms with Crippen LogP contribution in [0.2, 0.25) is 0 Å². The largest absolute Gasteiger partial charge is 0.491 e. The average molecular weight is 1450 g/mol. The van der Waals surface area contributed by atoms with Gasteiger partial charge in [-0.2, -0.15) is 0 Å². The normalized spacial score (nSPS) is 10.6. The second-order valence-corrected chi connectivity index (χ2v) is 15.9. The van der Waals surface area contributed by atoms with Crippen molar-refractivity contribution in [3.05, 3.63) is 210 Å². The van der Waals surface area contributed by atoms with E-state index in [2.05, 4.69) is 125 Å². The van der Waals surface area contributed by atoms with Crippen LogP contribution >= 0.6 is 0 Å². The second kappa shape index (κ2) is 122. The Morgan fingerprint density at radius 2 is 0.343 bits per heavy atom. The van der Waals surface area contributed by atoms with E-state index in [0.717, 1.165) is 62.8 Å². The number of epoxide rings is 3. The van der Waals surface area contributed by atoms with Crippen molar-refractivity contribution in [1.82, 2.24) is 0 Å². The van der Waals surface area contributed by atoms with Crippen molar-refractivity contribution in [2.75, 3.05) is 39.6 Å². The molecule has 3 atom stereocenters. The highest BCUT2D eigenvalue weighted by Gasteiger charge is 2.24. The smallest absolute Gasteiger partial charge is 0.119 e. The molecule has 0 radical (unpaired) electrons. The van der Waals surface area contributed by atoms with Crippen LogP contribution in [0.1, 0.15) is 317 Å². The molecule has 7 aromatic rings. The third-order valence-corrected chi connectivity index (χ3v) is 10.9. The van der Waals surface area contributed by atoms with Gasteiger partial charge >= 0.3 is 0 Å². The summed E-state index contributed by atoms with van der Waals surface area (Å²) in [6.07, 6.45) is 5.45. The van der Waals surface area contributed by atoms with E-state index in [-0.39, 0.29) is 156 Å². The third kappa shape index (κ3) is 84.5. The molecule has 0 bridgehead atoms. The van der Waals surface area contributed by atoms with E-state index in [1.54, 1.807) is 0 Å². The molecule has 3 aliphatic heterocycles. The van der Waals surface area contributed by atoms with Crippen LogP contribution in [-0.2, 0) is 39.9 Å². The summed E-state index contributed by atoms with van der Waals surface area (Å²) in [5.74, 6) is 2.76. The number of para-hydroxylation sites is 3. The standard InChI is InChI=1S/2C16H18.3C9H10O2.8C2H6.21CH4/c2*1-3-13-5-9-15(10-6-13)16-11-7-14(4-2)8-12-16;3*1-2-4-8(5-3-1)10-6-9-7-11-9;8*1-2;;;;;;;;;;;;;;;;;;;;;/h2*5-12H,3-4H2,1-2H3;3*1-5,9H,6-7H2;8*1-2H3;21*1H4. The monoisotopic (exact) mass is 1450 g/mol. The Balaban J connectivity index is -0.0000000309. The molecule has 6 heteroatoms. The minimum atomic E-state index is 0. The Hall–Kier alpha value is -6.18. The van der Waals surface area contributed by atoms with E-state index in [1.807, 2.05) is 202 Å². The molecule has 0 amide bonds. The third-order valence-electron chi connectivity index (χ3n) is 10.9. The van der Waals surface area contributed by atoms with Crippen LogP contribution in [0, 0.1) is 0 Å². The molecule has 0 N–H and O–H groups in total. The molecule has 0 aliphatic carbocycles. The van der Waals surface area contributed by atoms with Crippen LogP contribution in [0.3, 0.4) is 0 Å². The molecule has 6 nitrogen and oxygen atoms in total. The molecule has 0 saturated carbocycles. The maximum absolute atomic E-state index is 5.40. The fourth-order valence-electron chi connectivity index (χ4n) is 6.34. The lowest BCUT2D eigenvalue weighted by Crippen LogP contribution is -2.03. The zero-order chi connectivity index (χ0) is 61.3. The van der Waals surface area contributed by atoms with Gasteiger partial charge in [0.1, 0.15) is 55.4 Å². The Kier molecular flexibility index (Phi) is 199. The molecule has 3 heterocycles. The lowest BCUT2D eigenvalue weighted by atomic mass is 10.0. The Morgan fingerprint density at radius 3 is 0.451 bits per heavy atom. The van der Waals surface area contributed by atoms with Crippen molar-refractivity contribution in [3.8, 4) is 39.5 Å². The second-order valence-electron chi connectivity index (χ2n) is 15.9. The van der Waals surface area contributed by atoms with E-state index in [4.69, 9.17) is 28.4 Å². The molecule has 618 valence electrons. The molecule has 10 rings (SSSR count). The first-order chi connectivity index (χ1) is 40.0. The van der Waals surface area contributed by atoms with Crippen molar-refractivity contribution >= 4 is 0 Å². The van der Waals surface area contributed by atoms with Crippen LogP contribution in [0.4, 0.5) is 0 Å². The molecule has 3 fully saturated rings. The Morgan fingerprint density at radius 1 is 0.216 bits per heavy atom. The van der Waals surface area contributed by atoms with E-state index in [0.29, 0.717) is 38.1 Å². The first kappa shape index (κ1) is 167. The number of rotatable bonds is 15. The zero-order valence-electron chi connectivity index (χ0n) is 54.7. The van der Waals surface area contributed by atoms with Gasteiger partial charge in [-0.15, -0.1) is 0 Å². The lowest BCUT2D eigenvalue weighted by Gasteiger charge is -2.04. The van der Waals surface area contributed by atoms with Crippen molar-refractivity contribution in [3.63, 3.8) is 0 Å². The minimum Gasteiger partial charge on any atom is -0.491 e. The van der Waals surface area contributed by atoms with Gasteiger partial charge in [0.15, 0.2) is 0 Å². The summed E-state index contributed by atoms with van der Waals surface area (Å²) < 4.78 is 31.2. The van der Waals surface area contributed by atoms with Gasteiger partial charge in [0, 0.05) is 0 Å². The van der Waals surface area contributed by atoms with Gasteiger partial charge < -0.3 is 28.4 Å². The number of aryl methyl sites for hydroxylation is 4. The Bertz CT molecular complexity index is 1990. The number of hydrogen-bond donors (Lipinski definition) is 0. The fraction of sp³-hybridized carbons (Fsp3) is 0.562. The highest BCUT2D eigenvalue weighted by atomic mass is 16.6. The molecule has 3 saturated heterocycles. The van der Waals surface area contributed by atoms with Crippen LogP contribution in [0.15, 0.2) is 188 Å². The Labute approximate surface area is 652 Å². The average Bonchev–Trinajstić information content (AvgIpc) is 1.80. The SMILES string of the molecule is C.C.C.C.C.C.C.C.C.C.C.C.C.C.C.C.C.C.C.C.C.CC.CC.CC.CC.CC.CC.CC.CC.CCc1ccc(-c2ccc(CC)cc2)cc1.CCc1ccc(-c2ccc(CC)cc2)cc1.c1ccc(OCC2CO2)cc1.c1ccc(OCC2CO2)cc1.c1ccc(OCC2CO2)cc1.